The molecule has 1 aromatic carbocycles. The van der Waals surface area contributed by atoms with Gasteiger partial charge in [0, 0.05) is 0 Å². The van der Waals surface area contributed by atoms with Crippen molar-refractivity contribution in [1.29, 1.82) is 0 Å². The lowest BCUT2D eigenvalue weighted by Gasteiger charge is -2.16. The molecule has 2 nitrogen and oxygen atoms in total. The van der Waals surface area contributed by atoms with E-state index in [1.165, 1.54) is 18.4 Å². The van der Waals surface area contributed by atoms with Gasteiger partial charge in [-0.3, -0.25) is 0 Å². The molecule has 0 saturated heterocycles. The van der Waals surface area contributed by atoms with Crippen molar-refractivity contribution in [3.8, 4) is 5.75 Å². The number of hydrogen-bond acceptors (Lipinski definition) is 2. The molecule has 2 N–H and O–H groups in total. The van der Waals surface area contributed by atoms with Crippen LogP contribution in [0.15, 0.2) is 24.3 Å². The van der Waals surface area contributed by atoms with E-state index >= 15 is 0 Å². The number of rotatable bonds is 5. The smallest absolute Gasteiger partial charge is 0.119 e. The zero-order valence-electron chi connectivity index (χ0n) is 9.28. The second-order valence-electron chi connectivity index (χ2n) is 4.30. The van der Waals surface area contributed by atoms with Crippen LogP contribution in [0.2, 0.25) is 0 Å². The predicted molar refractivity (Wildman–Crippen MR) is 62.1 cm³/mol. The Kier molecular flexibility index (Phi) is 3.27. The summed E-state index contributed by atoms with van der Waals surface area (Å²) in [7, 11) is 1.72. The largest absolute Gasteiger partial charge is 0.497 e. The van der Waals surface area contributed by atoms with Gasteiger partial charge in [0.1, 0.15) is 5.75 Å². The van der Waals surface area contributed by atoms with Crippen LogP contribution in [0.3, 0.4) is 0 Å². The van der Waals surface area contributed by atoms with E-state index in [1.807, 2.05) is 6.07 Å². The van der Waals surface area contributed by atoms with Gasteiger partial charge in [-0.25, -0.2) is 0 Å². The van der Waals surface area contributed by atoms with Crippen LogP contribution in [0.5, 0.6) is 5.75 Å². The first-order chi connectivity index (χ1) is 7.35. The normalized spacial score (nSPS) is 17.5. The van der Waals surface area contributed by atoms with E-state index in [9.17, 15) is 0 Å². The monoisotopic (exact) mass is 205 g/mol. The van der Waals surface area contributed by atoms with Crippen LogP contribution in [0.4, 0.5) is 0 Å². The Hall–Kier alpha value is -1.02. The van der Waals surface area contributed by atoms with Crippen molar-refractivity contribution in [2.45, 2.75) is 25.2 Å². The first-order valence-corrected chi connectivity index (χ1v) is 5.69. The van der Waals surface area contributed by atoms with E-state index in [4.69, 9.17) is 10.5 Å². The maximum atomic E-state index is 5.67. The van der Waals surface area contributed by atoms with Gasteiger partial charge >= 0.3 is 0 Å². The predicted octanol–water partition coefficient (Wildman–Crippen LogP) is 2.54. The minimum Gasteiger partial charge on any atom is -0.497 e. The molecule has 1 fully saturated rings. The number of nitrogens with two attached hydrogens (primary N) is 1. The van der Waals surface area contributed by atoms with E-state index < -0.39 is 0 Å². The Labute approximate surface area is 91.4 Å². The van der Waals surface area contributed by atoms with E-state index in [2.05, 4.69) is 18.2 Å². The first-order valence-electron chi connectivity index (χ1n) is 5.69. The molecule has 0 aliphatic heterocycles. The number of ether oxygens (including phenoxy) is 1. The van der Waals surface area contributed by atoms with Gasteiger partial charge in [-0.05, 0) is 55.3 Å². The topological polar surface area (TPSA) is 35.2 Å². The average Bonchev–Trinajstić information content (AvgIpc) is 3.10. The van der Waals surface area contributed by atoms with Crippen molar-refractivity contribution < 1.29 is 4.74 Å². The number of benzene rings is 1. The summed E-state index contributed by atoms with van der Waals surface area (Å²) < 4.78 is 5.25. The molecule has 0 amide bonds. The highest BCUT2D eigenvalue weighted by Crippen LogP contribution is 2.44. The van der Waals surface area contributed by atoms with Gasteiger partial charge in [0.25, 0.3) is 0 Å². The molecular formula is C13H19NO. The molecule has 1 unspecified atom stereocenters. The number of hydrogen-bond donors (Lipinski definition) is 1. The molecule has 2 rings (SSSR count). The van der Waals surface area contributed by atoms with Gasteiger partial charge < -0.3 is 10.5 Å². The minimum atomic E-state index is 0.644. The molecule has 82 valence electrons. The van der Waals surface area contributed by atoms with Gasteiger partial charge in [-0.2, -0.15) is 0 Å². The first kappa shape index (κ1) is 10.5. The van der Waals surface area contributed by atoms with Crippen LogP contribution in [-0.4, -0.2) is 13.7 Å². The molecule has 1 aliphatic carbocycles. The van der Waals surface area contributed by atoms with Crippen LogP contribution in [0.25, 0.3) is 0 Å². The Balaban J connectivity index is 2.16. The van der Waals surface area contributed by atoms with Crippen molar-refractivity contribution >= 4 is 0 Å². The highest BCUT2D eigenvalue weighted by Gasteiger charge is 2.31. The molecule has 1 saturated carbocycles. The van der Waals surface area contributed by atoms with E-state index in [1.54, 1.807) is 7.11 Å². The van der Waals surface area contributed by atoms with Crippen LogP contribution in [-0.2, 0) is 0 Å². The fourth-order valence-corrected chi connectivity index (χ4v) is 2.22. The SMILES string of the molecule is COc1cccc(C(CCN)C2CC2)c1. The maximum Gasteiger partial charge on any atom is 0.119 e. The molecule has 2 heteroatoms. The van der Waals surface area contributed by atoms with E-state index in [0.717, 1.165) is 24.6 Å². The summed E-state index contributed by atoms with van der Waals surface area (Å²) in [5.41, 5.74) is 7.06. The zero-order valence-corrected chi connectivity index (χ0v) is 9.28. The van der Waals surface area contributed by atoms with Crippen molar-refractivity contribution in [1.82, 2.24) is 0 Å². The van der Waals surface area contributed by atoms with Crippen LogP contribution >= 0.6 is 0 Å². The number of methoxy groups -OCH3 is 1. The molecule has 1 aliphatic rings. The lowest BCUT2D eigenvalue weighted by atomic mass is 9.91. The Bertz CT molecular complexity index is 320. The fraction of sp³-hybridized carbons (Fsp3) is 0.538. The third-order valence-electron chi connectivity index (χ3n) is 3.19. The molecule has 0 aromatic heterocycles. The second-order valence-corrected chi connectivity index (χ2v) is 4.30. The van der Waals surface area contributed by atoms with Crippen LogP contribution in [0.1, 0.15) is 30.7 Å². The van der Waals surface area contributed by atoms with Gasteiger partial charge in [-0.15, -0.1) is 0 Å². The summed E-state index contributed by atoms with van der Waals surface area (Å²) in [4.78, 5) is 0. The van der Waals surface area contributed by atoms with Crippen molar-refractivity contribution in [2.75, 3.05) is 13.7 Å². The lowest BCUT2D eigenvalue weighted by Crippen LogP contribution is -2.09. The van der Waals surface area contributed by atoms with Crippen LogP contribution in [0, 0.1) is 5.92 Å². The van der Waals surface area contributed by atoms with Crippen LogP contribution < -0.4 is 10.5 Å². The van der Waals surface area contributed by atoms with E-state index in [0.29, 0.717) is 5.92 Å². The van der Waals surface area contributed by atoms with Gasteiger partial charge in [0.15, 0.2) is 0 Å². The third kappa shape index (κ3) is 2.51. The summed E-state index contributed by atoms with van der Waals surface area (Å²) in [6, 6.07) is 8.41. The summed E-state index contributed by atoms with van der Waals surface area (Å²) in [5, 5.41) is 0. The highest BCUT2D eigenvalue weighted by molar-refractivity contribution is 5.31. The molecule has 0 radical (unpaired) electrons. The maximum absolute atomic E-state index is 5.67. The molecule has 0 heterocycles. The molecular weight excluding hydrogens is 186 g/mol. The lowest BCUT2D eigenvalue weighted by molar-refractivity contribution is 0.413. The molecule has 0 bridgehead atoms. The molecule has 0 spiro atoms. The Morgan fingerprint density at radius 2 is 2.27 bits per heavy atom. The molecule has 15 heavy (non-hydrogen) atoms. The highest BCUT2D eigenvalue weighted by atomic mass is 16.5. The third-order valence-corrected chi connectivity index (χ3v) is 3.19. The zero-order chi connectivity index (χ0) is 10.7. The van der Waals surface area contributed by atoms with Crippen molar-refractivity contribution in [3.05, 3.63) is 29.8 Å². The summed E-state index contributed by atoms with van der Waals surface area (Å²) in [5.74, 6) is 2.46. The second kappa shape index (κ2) is 4.67. The summed E-state index contributed by atoms with van der Waals surface area (Å²) >= 11 is 0. The van der Waals surface area contributed by atoms with Gasteiger partial charge in [0.05, 0.1) is 7.11 Å². The summed E-state index contributed by atoms with van der Waals surface area (Å²) in [6.45, 7) is 0.776. The fourth-order valence-electron chi connectivity index (χ4n) is 2.22. The van der Waals surface area contributed by atoms with Gasteiger partial charge in [-0.1, -0.05) is 12.1 Å². The quantitative estimate of drug-likeness (QED) is 0.801. The molecule has 1 atom stereocenters. The van der Waals surface area contributed by atoms with Crippen molar-refractivity contribution in [2.24, 2.45) is 11.7 Å². The Morgan fingerprint density at radius 1 is 1.47 bits per heavy atom. The van der Waals surface area contributed by atoms with Crippen molar-refractivity contribution in [3.63, 3.8) is 0 Å². The minimum absolute atomic E-state index is 0.644. The standard InChI is InChI=1S/C13H19NO/c1-15-12-4-2-3-11(9-12)13(7-8-14)10-5-6-10/h2-4,9-10,13H,5-8,14H2,1H3. The summed E-state index contributed by atoms with van der Waals surface area (Å²) in [6.07, 6.45) is 3.82. The molecule has 1 aromatic rings. The van der Waals surface area contributed by atoms with E-state index in [-0.39, 0.29) is 0 Å². The Morgan fingerprint density at radius 3 is 2.87 bits per heavy atom. The average molecular weight is 205 g/mol. The van der Waals surface area contributed by atoms with Gasteiger partial charge in [0.2, 0.25) is 0 Å².